The molecule has 0 spiro atoms. The maximum atomic E-state index is 13.5. The van der Waals surface area contributed by atoms with E-state index < -0.39 is 0 Å². The van der Waals surface area contributed by atoms with Gasteiger partial charge in [-0.15, -0.1) is 0 Å². The van der Waals surface area contributed by atoms with E-state index in [0.717, 1.165) is 35.2 Å². The van der Waals surface area contributed by atoms with Crippen molar-refractivity contribution in [2.24, 2.45) is 0 Å². The molecule has 5 rings (SSSR count). The number of nitrogens with one attached hydrogen (secondary N) is 2. The molecule has 0 aliphatic carbocycles. The second kappa shape index (κ2) is 8.40. The molecule has 2 aromatic carbocycles. The van der Waals surface area contributed by atoms with Gasteiger partial charge in [-0.25, -0.2) is 4.39 Å². The number of nitrogens with zero attached hydrogens (tertiary/aromatic N) is 2. The Kier molecular flexibility index (Phi) is 5.48. The van der Waals surface area contributed by atoms with Gasteiger partial charge in [0.1, 0.15) is 5.82 Å². The third kappa shape index (κ3) is 4.23. The van der Waals surface area contributed by atoms with E-state index in [0.29, 0.717) is 12.1 Å². The van der Waals surface area contributed by atoms with Gasteiger partial charge in [0.25, 0.3) is 0 Å². The molecule has 3 heterocycles. The van der Waals surface area contributed by atoms with Crippen LogP contribution in [0.5, 0.6) is 0 Å². The molecule has 30 heavy (non-hydrogen) atoms. The van der Waals surface area contributed by atoms with Gasteiger partial charge in [-0.1, -0.05) is 12.1 Å². The Morgan fingerprint density at radius 2 is 1.63 bits per heavy atom. The van der Waals surface area contributed by atoms with Gasteiger partial charge in [-0.3, -0.25) is 0 Å². The Balaban J connectivity index is 1.23. The molecule has 0 atom stereocenters. The summed E-state index contributed by atoms with van der Waals surface area (Å²) in [5.41, 5.74) is 4.43. The number of hydrogen-bond donors (Lipinski definition) is 2. The fourth-order valence-electron chi connectivity index (χ4n) is 4.94. The highest BCUT2D eigenvalue weighted by atomic mass is 19.1. The minimum absolute atomic E-state index is 0.196. The zero-order valence-corrected chi connectivity index (χ0v) is 17.7. The summed E-state index contributed by atoms with van der Waals surface area (Å²) in [6.45, 7) is 4.60. The fraction of sp³-hybridized carbons (Fsp3) is 0.440. The predicted molar refractivity (Wildman–Crippen MR) is 123 cm³/mol. The lowest BCUT2D eigenvalue weighted by Gasteiger charge is -2.38. The van der Waals surface area contributed by atoms with Crippen LogP contribution < -0.4 is 10.2 Å². The van der Waals surface area contributed by atoms with Crippen molar-refractivity contribution in [2.45, 2.75) is 37.8 Å². The lowest BCUT2D eigenvalue weighted by Crippen LogP contribution is -2.49. The normalized spacial score (nSPS) is 19.6. The molecular weight excluding hydrogens is 375 g/mol. The summed E-state index contributed by atoms with van der Waals surface area (Å²) >= 11 is 0. The maximum absolute atomic E-state index is 13.5. The second-order valence-corrected chi connectivity index (χ2v) is 8.97. The van der Waals surface area contributed by atoms with E-state index in [2.05, 4.69) is 51.4 Å². The van der Waals surface area contributed by atoms with E-state index in [4.69, 9.17) is 0 Å². The van der Waals surface area contributed by atoms with Gasteiger partial charge in [0.15, 0.2) is 0 Å². The third-order valence-electron chi connectivity index (χ3n) is 6.79. The molecular formula is C25H31FN4. The summed E-state index contributed by atoms with van der Waals surface area (Å²) in [7, 11) is 2.22. The second-order valence-electron chi connectivity index (χ2n) is 8.97. The number of piperidine rings is 2. The van der Waals surface area contributed by atoms with E-state index in [-0.39, 0.29) is 5.82 Å². The molecule has 1 aromatic heterocycles. The summed E-state index contributed by atoms with van der Waals surface area (Å²) in [5, 5.41) is 4.83. The molecule has 0 saturated carbocycles. The van der Waals surface area contributed by atoms with Gasteiger partial charge in [0.2, 0.25) is 0 Å². The van der Waals surface area contributed by atoms with Crippen molar-refractivity contribution in [3.8, 4) is 11.3 Å². The van der Waals surface area contributed by atoms with Gasteiger partial charge in [-0.2, -0.15) is 0 Å². The highest BCUT2D eigenvalue weighted by Gasteiger charge is 2.24. The molecule has 0 radical (unpaired) electrons. The molecule has 4 nitrogen and oxygen atoms in total. The maximum Gasteiger partial charge on any atom is 0.123 e. The van der Waals surface area contributed by atoms with Crippen LogP contribution in [0, 0.1) is 5.82 Å². The van der Waals surface area contributed by atoms with Crippen molar-refractivity contribution < 1.29 is 4.39 Å². The Labute approximate surface area is 178 Å². The van der Waals surface area contributed by atoms with Crippen molar-refractivity contribution >= 4 is 16.6 Å². The molecule has 2 aliphatic rings. The van der Waals surface area contributed by atoms with Gasteiger partial charge in [0, 0.05) is 47.5 Å². The number of aromatic amines is 1. The first-order valence-corrected chi connectivity index (χ1v) is 11.2. The average Bonchev–Trinajstić information content (AvgIpc) is 3.19. The van der Waals surface area contributed by atoms with Crippen LogP contribution >= 0.6 is 0 Å². The fourth-order valence-corrected chi connectivity index (χ4v) is 4.94. The Morgan fingerprint density at radius 1 is 0.900 bits per heavy atom. The lowest BCUT2D eigenvalue weighted by molar-refractivity contribution is 0.217. The summed E-state index contributed by atoms with van der Waals surface area (Å²) in [6.07, 6.45) is 4.94. The summed E-state index contributed by atoms with van der Waals surface area (Å²) in [5.74, 6) is -0.196. The Morgan fingerprint density at radius 3 is 2.40 bits per heavy atom. The first-order valence-electron chi connectivity index (χ1n) is 11.2. The standard InChI is InChI=1S/C25H31FN4/c1-29-11-7-21(8-12-29)27-22-9-13-30(14-10-22)23-4-2-3-18(16-23)25-17-19-15-20(26)5-6-24(19)28-25/h2-6,15-17,21-22,27-28H,7-14H2,1H3. The number of fused-ring (bicyclic) bond motifs is 1. The number of hydrogen-bond acceptors (Lipinski definition) is 3. The summed E-state index contributed by atoms with van der Waals surface area (Å²) in [6, 6.07) is 17.0. The number of halogens is 1. The molecule has 5 heteroatoms. The van der Waals surface area contributed by atoms with Crippen LogP contribution in [0.1, 0.15) is 25.7 Å². The van der Waals surface area contributed by atoms with Crippen molar-refractivity contribution in [2.75, 3.05) is 38.1 Å². The molecule has 0 bridgehead atoms. The highest BCUT2D eigenvalue weighted by molar-refractivity contribution is 5.86. The Hall–Kier alpha value is -2.37. The number of H-pyrrole nitrogens is 1. The number of anilines is 1. The van der Waals surface area contributed by atoms with Gasteiger partial charge >= 0.3 is 0 Å². The molecule has 3 aromatic rings. The van der Waals surface area contributed by atoms with E-state index in [1.54, 1.807) is 12.1 Å². The summed E-state index contributed by atoms with van der Waals surface area (Å²) < 4.78 is 13.5. The van der Waals surface area contributed by atoms with E-state index in [1.165, 1.54) is 50.5 Å². The minimum atomic E-state index is -0.196. The molecule has 158 valence electrons. The smallest absolute Gasteiger partial charge is 0.123 e. The largest absolute Gasteiger partial charge is 0.371 e. The molecule has 0 amide bonds. The van der Waals surface area contributed by atoms with E-state index >= 15 is 0 Å². The SMILES string of the molecule is CN1CCC(NC2CCN(c3cccc(-c4cc5cc(F)ccc5[nH]4)c3)CC2)CC1. The van der Waals surface area contributed by atoms with Crippen molar-refractivity contribution in [3.05, 3.63) is 54.3 Å². The minimum Gasteiger partial charge on any atom is -0.371 e. The zero-order chi connectivity index (χ0) is 20.5. The number of aromatic nitrogens is 1. The topological polar surface area (TPSA) is 34.3 Å². The molecule has 2 aliphatic heterocycles. The van der Waals surface area contributed by atoms with E-state index in [1.807, 2.05) is 6.07 Å². The van der Waals surface area contributed by atoms with Crippen LogP contribution in [0.3, 0.4) is 0 Å². The third-order valence-corrected chi connectivity index (χ3v) is 6.79. The first kappa shape index (κ1) is 19.6. The molecule has 2 saturated heterocycles. The molecule has 2 fully saturated rings. The first-order chi connectivity index (χ1) is 14.6. The van der Waals surface area contributed by atoms with Crippen LogP contribution in [0.25, 0.3) is 22.2 Å². The highest BCUT2D eigenvalue weighted by Crippen LogP contribution is 2.29. The zero-order valence-electron chi connectivity index (χ0n) is 17.7. The van der Waals surface area contributed by atoms with E-state index in [9.17, 15) is 4.39 Å². The number of rotatable bonds is 4. The van der Waals surface area contributed by atoms with Crippen molar-refractivity contribution in [1.82, 2.24) is 15.2 Å². The number of likely N-dealkylation sites (tertiary alicyclic amines) is 1. The molecule has 2 N–H and O–H groups in total. The van der Waals surface area contributed by atoms with Crippen molar-refractivity contribution in [3.63, 3.8) is 0 Å². The van der Waals surface area contributed by atoms with Crippen LogP contribution in [0.15, 0.2) is 48.5 Å². The molecule has 0 unspecified atom stereocenters. The summed E-state index contributed by atoms with van der Waals surface area (Å²) in [4.78, 5) is 8.35. The van der Waals surface area contributed by atoms with Gasteiger partial charge in [-0.05, 0) is 87.8 Å². The Bertz CT molecular complexity index is 997. The van der Waals surface area contributed by atoms with Crippen LogP contribution in [-0.2, 0) is 0 Å². The number of benzene rings is 2. The predicted octanol–water partition coefficient (Wildman–Crippen LogP) is 4.63. The van der Waals surface area contributed by atoms with Gasteiger partial charge < -0.3 is 20.1 Å². The van der Waals surface area contributed by atoms with Gasteiger partial charge in [0.05, 0.1) is 0 Å². The quantitative estimate of drug-likeness (QED) is 0.663. The van der Waals surface area contributed by atoms with Crippen LogP contribution in [0.4, 0.5) is 10.1 Å². The monoisotopic (exact) mass is 406 g/mol. The average molecular weight is 407 g/mol. The van der Waals surface area contributed by atoms with Crippen LogP contribution in [-0.4, -0.2) is 55.2 Å². The van der Waals surface area contributed by atoms with Crippen molar-refractivity contribution in [1.29, 1.82) is 0 Å². The van der Waals surface area contributed by atoms with Crippen LogP contribution in [0.2, 0.25) is 0 Å². The lowest BCUT2D eigenvalue weighted by atomic mass is 9.99.